The van der Waals surface area contributed by atoms with Gasteiger partial charge < -0.3 is 0 Å². The Balaban J connectivity index is 1.76. The molecule has 8 nitrogen and oxygen atoms in total. The Bertz CT molecular complexity index is 1260. The third kappa shape index (κ3) is 6.90. The van der Waals surface area contributed by atoms with Crippen molar-refractivity contribution in [1.82, 2.24) is 20.0 Å². The Hall–Kier alpha value is -3.22. The number of aryl methyl sites for hydroxylation is 1. The van der Waals surface area contributed by atoms with E-state index in [1.54, 1.807) is 24.3 Å². The van der Waals surface area contributed by atoms with E-state index < -0.39 is 27.8 Å². The van der Waals surface area contributed by atoms with Gasteiger partial charge in [0.15, 0.2) is 5.69 Å². The lowest BCUT2D eigenvalue weighted by molar-refractivity contribution is -0.141. The summed E-state index contributed by atoms with van der Waals surface area (Å²) in [7, 11) is -3.83. The van der Waals surface area contributed by atoms with Crippen molar-refractivity contribution in [2.75, 3.05) is 6.54 Å². The van der Waals surface area contributed by atoms with Crippen LogP contribution in [0, 0.1) is 6.92 Å². The Morgan fingerprint density at radius 1 is 1.03 bits per heavy atom. The number of sulfonamides is 1. The highest BCUT2D eigenvalue weighted by Gasteiger charge is 2.35. The van der Waals surface area contributed by atoms with Crippen LogP contribution >= 0.6 is 0 Å². The fourth-order valence-electron chi connectivity index (χ4n) is 3.35. The number of amides is 1. The summed E-state index contributed by atoms with van der Waals surface area (Å²) in [6, 6.07) is 13.3. The molecule has 0 saturated carbocycles. The molecular formula is C23H25F3N4O4S. The summed E-state index contributed by atoms with van der Waals surface area (Å²) in [5, 5.41) is 12.2. The van der Waals surface area contributed by atoms with E-state index in [4.69, 9.17) is 5.21 Å². The number of benzene rings is 2. The number of unbranched alkanes of at least 4 members (excludes halogenated alkanes) is 2. The molecule has 1 heterocycles. The number of alkyl halides is 3. The van der Waals surface area contributed by atoms with E-state index in [0.717, 1.165) is 16.3 Å². The van der Waals surface area contributed by atoms with Gasteiger partial charge in [-0.3, -0.25) is 10.0 Å². The molecule has 0 aliphatic rings. The molecule has 12 heteroatoms. The quantitative estimate of drug-likeness (QED) is 0.215. The van der Waals surface area contributed by atoms with Crippen LogP contribution in [0.25, 0.3) is 16.9 Å². The van der Waals surface area contributed by atoms with Crippen LogP contribution in [0.2, 0.25) is 0 Å². The van der Waals surface area contributed by atoms with E-state index >= 15 is 0 Å². The SMILES string of the molecule is Cc1ccc(-c2cc(C(F)(F)F)nn2-c2ccc(S(=O)(=O)NCCCCCC(=O)NO)cc2)cc1. The Kier molecular flexibility index (Phi) is 8.30. The zero-order valence-electron chi connectivity index (χ0n) is 18.8. The van der Waals surface area contributed by atoms with Crippen molar-refractivity contribution in [2.24, 2.45) is 0 Å². The highest BCUT2D eigenvalue weighted by Crippen LogP contribution is 2.33. The fraction of sp³-hybridized carbons (Fsp3) is 0.304. The summed E-state index contributed by atoms with van der Waals surface area (Å²) in [5.74, 6) is -0.504. The number of aromatic nitrogens is 2. The van der Waals surface area contributed by atoms with Crippen LogP contribution in [-0.2, 0) is 21.0 Å². The molecule has 35 heavy (non-hydrogen) atoms. The van der Waals surface area contributed by atoms with Gasteiger partial charge in [-0.15, -0.1) is 0 Å². The maximum Gasteiger partial charge on any atom is 0.435 e. The molecular weight excluding hydrogens is 485 g/mol. The van der Waals surface area contributed by atoms with Gasteiger partial charge in [-0.25, -0.2) is 23.3 Å². The molecule has 1 aromatic heterocycles. The predicted molar refractivity (Wildman–Crippen MR) is 122 cm³/mol. The van der Waals surface area contributed by atoms with Gasteiger partial charge in [0.1, 0.15) is 0 Å². The summed E-state index contributed by atoms with van der Waals surface area (Å²) in [4.78, 5) is 10.9. The van der Waals surface area contributed by atoms with Crippen molar-refractivity contribution in [3.05, 3.63) is 65.9 Å². The number of hydrogen-bond donors (Lipinski definition) is 3. The maximum atomic E-state index is 13.4. The smallest absolute Gasteiger partial charge is 0.289 e. The van der Waals surface area contributed by atoms with Crippen molar-refractivity contribution in [3.8, 4) is 16.9 Å². The van der Waals surface area contributed by atoms with E-state index in [9.17, 15) is 26.4 Å². The first kappa shape index (κ1) is 26.4. The second-order valence-corrected chi connectivity index (χ2v) is 9.69. The van der Waals surface area contributed by atoms with E-state index in [1.165, 1.54) is 29.7 Å². The number of hydrogen-bond acceptors (Lipinski definition) is 5. The summed E-state index contributed by atoms with van der Waals surface area (Å²) in [6.07, 6.45) is -2.94. The first-order chi connectivity index (χ1) is 16.5. The molecule has 1 amide bonds. The lowest BCUT2D eigenvalue weighted by atomic mass is 10.1. The van der Waals surface area contributed by atoms with Crippen LogP contribution in [-0.4, -0.2) is 35.9 Å². The number of hydroxylamine groups is 1. The summed E-state index contributed by atoms with van der Waals surface area (Å²) < 4.78 is 68.7. The van der Waals surface area contributed by atoms with Crippen molar-refractivity contribution in [3.63, 3.8) is 0 Å². The number of nitrogens with zero attached hydrogens (tertiary/aromatic N) is 2. The topological polar surface area (TPSA) is 113 Å². The van der Waals surface area contributed by atoms with Crippen LogP contribution in [0.5, 0.6) is 0 Å². The largest absolute Gasteiger partial charge is 0.435 e. The molecule has 0 spiro atoms. The normalized spacial score (nSPS) is 12.0. The minimum atomic E-state index is -4.64. The molecule has 188 valence electrons. The van der Waals surface area contributed by atoms with E-state index in [0.29, 0.717) is 24.8 Å². The molecule has 0 atom stereocenters. The summed E-state index contributed by atoms with van der Waals surface area (Å²) in [6.45, 7) is 2.02. The van der Waals surface area contributed by atoms with Crippen molar-refractivity contribution >= 4 is 15.9 Å². The van der Waals surface area contributed by atoms with Crippen molar-refractivity contribution < 1.29 is 31.6 Å². The number of rotatable bonds is 10. The van der Waals surface area contributed by atoms with Gasteiger partial charge in [0.25, 0.3) is 0 Å². The van der Waals surface area contributed by atoms with Crippen LogP contribution < -0.4 is 10.2 Å². The van der Waals surface area contributed by atoms with Crippen LogP contribution in [0.4, 0.5) is 13.2 Å². The third-order valence-electron chi connectivity index (χ3n) is 5.24. The van der Waals surface area contributed by atoms with Crippen LogP contribution in [0.15, 0.2) is 59.5 Å². The Morgan fingerprint density at radius 2 is 1.69 bits per heavy atom. The lowest BCUT2D eigenvalue weighted by Crippen LogP contribution is -2.25. The predicted octanol–water partition coefficient (Wildman–Crippen LogP) is 4.21. The van der Waals surface area contributed by atoms with Crippen molar-refractivity contribution in [2.45, 2.75) is 43.7 Å². The third-order valence-corrected chi connectivity index (χ3v) is 6.71. The summed E-state index contributed by atoms with van der Waals surface area (Å²) in [5.41, 5.74) is 2.46. The molecule has 3 aromatic rings. The van der Waals surface area contributed by atoms with E-state index in [1.807, 2.05) is 6.92 Å². The minimum absolute atomic E-state index is 0.0407. The molecule has 2 aromatic carbocycles. The minimum Gasteiger partial charge on any atom is -0.289 e. The fourth-order valence-corrected chi connectivity index (χ4v) is 4.42. The second-order valence-electron chi connectivity index (χ2n) is 7.93. The van der Waals surface area contributed by atoms with Gasteiger partial charge in [-0.2, -0.15) is 18.3 Å². The zero-order valence-corrected chi connectivity index (χ0v) is 19.7. The highest BCUT2D eigenvalue weighted by atomic mass is 32.2. The molecule has 0 bridgehead atoms. The van der Waals surface area contributed by atoms with Gasteiger partial charge in [0.05, 0.1) is 16.3 Å². The van der Waals surface area contributed by atoms with Gasteiger partial charge in [0, 0.05) is 18.5 Å². The van der Waals surface area contributed by atoms with Crippen LogP contribution in [0.3, 0.4) is 0 Å². The average molecular weight is 511 g/mol. The second kappa shape index (κ2) is 11.0. The monoisotopic (exact) mass is 510 g/mol. The Morgan fingerprint density at radius 3 is 2.29 bits per heavy atom. The summed E-state index contributed by atoms with van der Waals surface area (Å²) >= 11 is 0. The van der Waals surface area contributed by atoms with Gasteiger partial charge in [0.2, 0.25) is 15.9 Å². The molecule has 0 radical (unpaired) electrons. The van der Waals surface area contributed by atoms with E-state index in [-0.39, 0.29) is 29.2 Å². The first-order valence-electron chi connectivity index (χ1n) is 10.8. The number of halogens is 3. The zero-order chi connectivity index (χ0) is 25.6. The average Bonchev–Trinajstić information content (AvgIpc) is 3.28. The molecule has 3 rings (SSSR count). The highest BCUT2D eigenvalue weighted by molar-refractivity contribution is 7.89. The molecule has 0 aliphatic heterocycles. The molecule has 0 unspecified atom stereocenters. The first-order valence-corrected chi connectivity index (χ1v) is 12.3. The molecule has 0 aliphatic carbocycles. The molecule has 0 saturated heterocycles. The van der Waals surface area contributed by atoms with Crippen LogP contribution in [0.1, 0.15) is 36.9 Å². The maximum absolute atomic E-state index is 13.4. The van der Waals surface area contributed by atoms with E-state index in [2.05, 4.69) is 9.82 Å². The van der Waals surface area contributed by atoms with Crippen molar-refractivity contribution in [1.29, 1.82) is 0 Å². The van der Waals surface area contributed by atoms with Gasteiger partial charge >= 0.3 is 6.18 Å². The van der Waals surface area contributed by atoms with Gasteiger partial charge in [-0.05, 0) is 50.1 Å². The Labute approximate surface area is 200 Å². The number of carbonyl (C=O) groups is 1. The van der Waals surface area contributed by atoms with Gasteiger partial charge in [-0.1, -0.05) is 36.2 Å². The number of carbonyl (C=O) groups excluding carboxylic acids is 1. The lowest BCUT2D eigenvalue weighted by Gasteiger charge is -2.10. The molecule has 3 N–H and O–H groups in total. The molecule has 0 fully saturated rings. The standard InChI is InChI=1S/C23H25F3N4O4S/c1-16-6-8-17(9-7-16)20-15-21(23(24,25)26)28-30(20)18-10-12-19(13-11-18)35(33,34)27-14-4-2-3-5-22(31)29-32/h6-13,15,27,32H,2-5,14H2,1H3,(H,29,31). The number of nitrogens with one attached hydrogen (secondary N) is 2.